The lowest BCUT2D eigenvalue weighted by Crippen LogP contribution is -2.43. The molecule has 0 aromatic carbocycles. The zero-order chi connectivity index (χ0) is 13.1. The summed E-state index contributed by atoms with van der Waals surface area (Å²) in [5.74, 6) is 0.370. The van der Waals surface area contributed by atoms with Gasteiger partial charge in [-0.1, -0.05) is 13.8 Å². The summed E-state index contributed by atoms with van der Waals surface area (Å²) in [5.41, 5.74) is 0. The summed E-state index contributed by atoms with van der Waals surface area (Å²) in [6, 6.07) is 0.160. The van der Waals surface area contributed by atoms with E-state index in [-0.39, 0.29) is 11.1 Å². The number of nitrogens with zero attached hydrogens (tertiary/aromatic N) is 2. The third kappa shape index (κ3) is 3.79. The third-order valence-corrected chi connectivity index (χ3v) is 4.03. The van der Waals surface area contributed by atoms with Gasteiger partial charge in [-0.3, -0.25) is 0 Å². The van der Waals surface area contributed by atoms with Crippen LogP contribution < -0.4 is 4.72 Å². The van der Waals surface area contributed by atoms with Gasteiger partial charge in [0.2, 0.25) is 0 Å². The molecule has 2 N–H and O–H groups in total. The van der Waals surface area contributed by atoms with E-state index in [1.165, 1.54) is 12.5 Å². The molecule has 17 heavy (non-hydrogen) atoms. The predicted molar refractivity (Wildman–Crippen MR) is 66.1 cm³/mol. The van der Waals surface area contributed by atoms with E-state index in [2.05, 4.69) is 28.5 Å². The minimum atomic E-state index is -3.47. The minimum Gasteiger partial charge on any atom is -0.335 e. The fourth-order valence-electron chi connectivity index (χ4n) is 1.68. The number of hydrogen-bond donors (Lipinski definition) is 2. The first-order valence-electron chi connectivity index (χ1n) is 5.49. The van der Waals surface area contributed by atoms with E-state index in [1.807, 2.05) is 19.0 Å². The van der Waals surface area contributed by atoms with Crippen LogP contribution >= 0.6 is 0 Å². The summed E-state index contributed by atoms with van der Waals surface area (Å²) < 4.78 is 26.3. The Morgan fingerprint density at radius 1 is 1.47 bits per heavy atom. The molecule has 1 aromatic heterocycles. The van der Waals surface area contributed by atoms with Crippen molar-refractivity contribution in [1.29, 1.82) is 0 Å². The van der Waals surface area contributed by atoms with Crippen molar-refractivity contribution >= 4 is 10.0 Å². The molecule has 1 aromatic rings. The van der Waals surface area contributed by atoms with Gasteiger partial charge in [-0.05, 0) is 20.0 Å². The predicted octanol–water partition coefficient (Wildman–Crippen LogP) is 0.274. The van der Waals surface area contributed by atoms with Crippen LogP contribution in [0.5, 0.6) is 0 Å². The molecule has 0 saturated carbocycles. The van der Waals surface area contributed by atoms with Crippen LogP contribution in [-0.2, 0) is 10.0 Å². The number of likely N-dealkylation sites (N-methyl/N-ethyl adjacent to an activating group) is 1. The molecule has 7 heteroatoms. The Labute approximate surface area is 102 Å². The van der Waals surface area contributed by atoms with Crippen LogP contribution in [0, 0.1) is 5.92 Å². The average molecular weight is 260 g/mol. The summed E-state index contributed by atoms with van der Waals surface area (Å²) in [4.78, 5) is 8.30. The Morgan fingerprint density at radius 3 is 2.53 bits per heavy atom. The van der Waals surface area contributed by atoms with Crippen molar-refractivity contribution in [1.82, 2.24) is 19.6 Å². The molecule has 0 saturated heterocycles. The number of H-pyrrole nitrogens is 1. The van der Waals surface area contributed by atoms with Crippen molar-refractivity contribution in [3.63, 3.8) is 0 Å². The molecule has 0 bridgehead atoms. The second-order valence-electron chi connectivity index (χ2n) is 4.54. The maximum absolute atomic E-state index is 11.8. The second kappa shape index (κ2) is 5.61. The Hall–Kier alpha value is -0.920. The number of aromatic amines is 1. The Morgan fingerprint density at radius 2 is 2.12 bits per heavy atom. The highest BCUT2D eigenvalue weighted by atomic mass is 32.2. The highest BCUT2D eigenvalue weighted by Gasteiger charge is 2.21. The summed E-state index contributed by atoms with van der Waals surface area (Å²) in [7, 11) is 0.406. The number of rotatable bonds is 6. The molecule has 0 radical (unpaired) electrons. The van der Waals surface area contributed by atoms with Crippen molar-refractivity contribution in [2.75, 3.05) is 20.6 Å². The molecule has 1 rings (SSSR count). The number of nitrogens with one attached hydrogen (secondary N) is 2. The maximum Gasteiger partial charge on any atom is 0.257 e. The van der Waals surface area contributed by atoms with Gasteiger partial charge in [0, 0.05) is 12.6 Å². The number of sulfonamides is 1. The third-order valence-electron chi connectivity index (χ3n) is 2.68. The van der Waals surface area contributed by atoms with E-state index in [9.17, 15) is 8.42 Å². The lowest BCUT2D eigenvalue weighted by molar-refractivity contribution is 0.233. The van der Waals surface area contributed by atoms with Crippen LogP contribution in [0.2, 0.25) is 0 Å². The summed E-state index contributed by atoms with van der Waals surface area (Å²) in [6.45, 7) is 4.51. The fraction of sp³-hybridized carbons (Fsp3) is 0.700. The van der Waals surface area contributed by atoms with Crippen LogP contribution in [0.15, 0.2) is 17.6 Å². The average Bonchev–Trinajstić information content (AvgIpc) is 2.69. The van der Waals surface area contributed by atoms with E-state index in [0.29, 0.717) is 12.5 Å². The van der Waals surface area contributed by atoms with Crippen molar-refractivity contribution < 1.29 is 8.42 Å². The molecular formula is C10H20N4O2S. The molecule has 0 spiro atoms. The normalized spacial score (nSPS) is 14.5. The molecule has 98 valence electrons. The summed E-state index contributed by atoms with van der Waals surface area (Å²) in [5, 5.41) is 0.0961. The molecule has 1 atom stereocenters. The first kappa shape index (κ1) is 14.1. The largest absolute Gasteiger partial charge is 0.335 e. The molecule has 1 unspecified atom stereocenters. The van der Waals surface area contributed by atoms with Gasteiger partial charge < -0.3 is 9.88 Å². The molecule has 0 aliphatic carbocycles. The van der Waals surface area contributed by atoms with E-state index >= 15 is 0 Å². The van der Waals surface area contributed by atoms with Crippen LogP contribution in [0.25, 0.3) is 0 Å². The number of hydrogen-bond acceptors (Lipinski definition) is 4. The highest BCUT2D eigenvalue weighted by Crippen LogP contribution is 2.08. The second-order valence-corrected chi connectivity index (χ2v) is 6.28. The fourth-order valence-corrected chi connectivity index (χ4v) is 2.63. The van der Waals surface area contributed by atoms with Crippen LogP contribution in [0.4, 0.5) is 0 Å². The van der Waals surface area contributed by atoms with Gasteiger partial charge in [-0.15, -0.1) is 0 Å². The van der Waals surface area contributed by atoms with Crippen molar-refractivity contribution in [2.45, 2.75) is 24.9 Å². The Kier molecular flexibility index (Phi) is 4.67. The van der Waals surface area contributed by atoms with Crippen LogP contribution in [-0.4, -0.2) is 50.0 Å². The topological polar surface area (TPSA) is 78.1 Å². The monoisotopic (exact) mass is 260 g/mol. The Bertz CT molecular complexity index is 417. The summed E-state index contributed by atoms with van der Waals surface area (Å²) in [6.07, 6.45) is 2.64. The first-order chi connectivity index (χ1) is 7.84. The quantitative estimate of drug-likeness (QED) is 0.770. The number of aromatic nitrogens is 2. The van der Waals surface area contributed by atoms with Gasteiger partial charge in [-0.25, -0.2) is 18.1 Å². The Balaban J connectivity index is 2.67. The van der Waals surface area contributed by atoms with Gasteiger partial charge in [0.05, 0.1) is 12.5 Å². The molecule has 0 aliphatic heterocycles. The van der Waals surface area contributed by atoms with Crippen molar-refractivity contribution in [3.05, 3.63) is 12.5 Å². The smallest absolute Gasteiger partial charge is 0.257 e. The van der Waals surface area contributed by atoms with E-state index in [4.69, 9.17) is 0 Å². The number of imidazole rings is 1. The van der Waals surface area contributed by atoms with Crippen LogP contribution in [0.1, 0.15) is 13.8 Å². The molecular weight excluding hydrogens is 240 g/mol. The van der Waals surface area contributed by atoms with Gasteiger partial charge in [0.25, 0.3) is 10.0 Å². The minimum absolute atomic E-state index is 0.0961. The lowest BCUT2D eigenvalue weighted by atomic mass is 10.0. The van der Waals surface area contributed by atoms with Crippen molar-refractivity contribution in [3.8, 4) is 0 Å². The summed E-state index contributed by atoms with van der Waals surface area (Å²) >= 11 is 0. The molecule has 0 aliphatic rings. The first-order valence-corrected chi connectivity index (χ1v) is 6.97. The van der Waals surface area contributed by atoms with Gasteiger partial charge in [0.15, 0.2) is 5.03 Å². The van der Waals surface area contributed by atoms with Crippen LogP contribution in [0.3, 0.4) is 0 Å². The zero-order valence-corrected chi connectivity index (χ0v) is 11.5. The molecule has 6 nitrogen and oxygen atoms in total. The van der Waals surface area contributed by atoms with E-state index < -0.39 is 10.0 Å². The van der Waals surface area contributed by atoms with E-state index in [1.54, 1.807) is 0 Å². The standard InChI is InChI=1S/C10H20N4O2S/c1-8(2)9(14(3)4)5-13-17(15,16)10-6-11-7-12-10/h6-9,13H,5H2,1-4H3,(H,11,12). The highest BCUT2D eigenvalue weighted by molar-refractivity contribution is 7.89. The maximum atomic E-state index is 11.8. The van der Waals surface area contributed by atoms with Gasteiger partial charge >= 0.3 is 0 Å². The SMILES string of the molecule is CC(C)C(CNS(=O)(=O)c1cnc[nH]1)N(C)C. The van der Waals surface area contributed by atoms with E-state index in [0.717, 1.165) is 0 Å². The molecule has 0 amide bonds. The lowest BCUT2D eigenvalue weighted by Gasteiger charge is -2.27. The molecule has 1 heterocycles. The zero-order valence-electron chi connectivity index (χ0n) is 10.6. The molecule has 0 fully saturated rings. The van der Waals surface area contributed by atoms with Crippen molar-refractivity contribution in [2.24, 2.45) is 5.92 Å². The van der Waals surface area contributed by atoms with Gasteiger partial charge in [-0.2, -0.15) is 0 Å². The van der Waals surface area contributed by atoms with Gasteiger partial charge in [0.1, 0.15) is 0 Å².